The van der Waals surface area contributed by atoms with Gasteiger partial charge in [-0.1, -0.05) is 66.7 Å². The molecule has 3 heterocycles. The molecule has 0 unspecified atom stereocenters. The molecule has 0 radical (unpaired) electrons. The van der Waals surface area contributed by atoms with Crippen molar-refractivity contribution in [3.05, 3.63) is 103 Å². The van der Waals surface area contributed by atoms with E-state index in [9.17, 15) is 14.4 Å². The predicted molar refractivity (Wildman–Crippen MR) is 141 cm³/mol. The molecule has 3 aromatic carbocycles. The largest absolute Gasteiger partial charge is 0.468 e. The van der Waals surface area contributed by atoms with Crippen molar-refractivity contribution in [3.63, 3.8) is 0 Å². The van der Waals surface area contributed by atoms with Gasteiger partial charge in [-0.25, -0.2) is 9.58 Å². The zero-order chi connectivity index (χ0) is 26.4. The molecule has 8 heteroatoms. The van der Waals surface area contributed by atoms with Crippen LogP contribution < -0.4 is 10.2 Å². The first-order chi connectivity index (χ1) is 18.4. The van der Waals surface area contributed by atoms with Gasteiger partial charge in [0, 0.05) is 23.4 Å². The smallest absolute Gasteiger partial charge is 0.326 e. The zero-order valence-corrected chi connectivity index (χ0v) is 20.9. The van der Waals surface area contributed by atoms with E-state index in [1.807, 2.05) is 72.9 Å². The minimum atomic E-state index is -1.41. The van der Waals surface area contributed by atoms with E-state index in [4.69, 9.17) is 9.84 Å². The van der Waals surface area contributed by atoms with Gasteiger partial charge in [0.05, 0.1) is 36.0 Å². The summed E-state index contributed by atoms with van der Waals surface area (Å²) >= 11 is 0. The summed E-state index contributed by atoms with van der Waals surface area (Å²) in [5, 5.41) is 8.24. The number of hydrogen-bond acceptors (Lipinski definition) is 6. The second-order valence-electron chi connectivity index (χ2n) is 9.75. The van der Waals surface area contributed by atoms with Gasteiger partial charge in [0.15, 0.2) is 0 Å². The van der Waals surface area contributed by atoms with Crippen molar-refractivity contribution in [2.75, 3.05) is 12.0 Å². The minimum absolute atomic E-state index is 0.359. The molecule has 0 bridgehead atoms. The predicted octanol–water partition coefficient (Wildman–Crippen LogP) is 3.92. The van der Waals surface area contributed by atoms with E-state index >= 15 is 0 Å². The first kappa shape index (κ1) is 23.8. The standard InChI is InChI=1S/C30H26N4O4/c1-30(29(37)38-2)24-23(27(35)34(28(24)36)21-16-10-5-11-17-21)26(31-30)22-18-33(20-14-8-4-9-15-20)32-25(22)19-12-6-3-7-13-19/h3-18,23-24,26,31H,1-2H3/t23-,24-,26-,30-/m1/s1. The number of carbonyl (C=O) groups excluding carboxylic acids is 3. The quantitative estimate of drug-likeness (QED) is 0.326. The highest BCUT2D eigenvalue weighted by Crippen LogP contribution is 2.51. The number of nitrogens with one attached hydrogen (secondary N) is 1. The molecule has 0 saturated carbocycles. The summed E-state index contributed by atoms with van der Waals surface area (Å²) in [6.07, 6.45) is 1.87. The van der Waals surface area contributed by atoms with Gasteiger partial charge in [0.1, 0.15) is 5.54 Å². The second kappa shape index (κ2) is 9.08. The lowest BCUT2D eigenvalue weighted by Crippen LogP contribution is -2.54. The van der Waals surface area contributed by atoms with E-state index in [-0.39, 0.29) is 5.91 Å². The highest BCUT2D eigenvalue weighted by atomic mass is 16.5. The zero-order valence-electron chi connectivity index (χ0n) is 20.9. The van der Waals surface area contributed by atoms with Crippen LogP contribution in [-0.2, 0) is 19.1 Å². The SMILES string of the molecule is COC(=O)[C@]1(C)N[C@H](c2cn(-c3ccccc3)nc2-c2ccccc2)[C@@H]2C(=O)N(c3ccccc3)C(=O)[C@@H]21. The van der Waals surface area contributed by atoms with Gasteiger partial charge in [-0.15, -0.1) is 0 Å². The number of carbonyl (C=O) groups is 3. The first-order valence-electron chi connectivity index (χ1n) is 12.4. The van der Waals surface area contributed by atoms with Crippen LogP contribution in [-0.4, -0.2) is 40.2 Å². The first-order valence-corrected chi connectivity index (χ1v) is 12.4. The molecule has 1 aromatic heterocycles. The summed E-state index contributed by atoms with van der Waals surface area (Å²) < 4.78 is 6.90. The topological polar surface area (TPSA) is 93.5 Å². The fourth-order valence-electron chi connectivity index (χ4n) is 5.79. The van der Waals surface area contributed by atoms with Gasteiger partial charge in [-0.05, 0) is 31.2 Å². The van der Waals surface area contributed by atoms with E-state index in [2.05, 4.69) is 5.32 Å². The fourth-order valence-corrected chi connectivity index (χ4v) is 5.79. The number of hydrogen-bond donors (Lipinski definition) is 1. The maximum absolute atomic E-state index is 14.0. The Kier molecular flexibility index (Phi) is 5.69. The Balaban J connectivity index is 1.53. The van der Waals surface area contributed by atoms with Crippen molar-refractivity contribution < 1.29 is 19.1 Å². The molecule has 4 aromatic rings. The van der Waals surface area contributed by atoms with Crippen molar-refractivity contribution in [3.8, 4) is 16.9 Å². The Bertz CT molecular complexity index is 1520. The molecule has 4 atom stereocenters. The molecule has 0 aliphatic carbocycles. The maximum atomic E-state index is 14.0. The molecule has 190 valence electrons. The number of imide groups is 1. The number of rotatable bonds is 5. The lowest BCUT2D eigenvalue weighted by Gasteiger charge is -2.28. The van der Waals surface area contributed by atoms with E-state index in [0.717, 1.165) is 16.8 Å². The van der Waals surface area contributed by atoms with Gasteiger partial charge in [-0.2, -0.15) is 5.10 Å². The van der Waals surface area contributed by atoms with Crippen molar-refractivity contribution in [2.24, 2.45) is 11.8 Å². The Morgan fingerprint density at radius 3 is 2.05 bits per heavy atom. The summed E-state index contributed by atoms with van der Waals surface area (Å²) in [6, 6.07) is 27.5. The van der Waals surface area contributed by atoms with Crippen LogP contribution in [0, 0.1) is 11.8 Å². The van der Waals surface area contributed by atoms with Crippen LogP contribution in [0.2, 0.25) is 0 Å². The highest BCUT2D eigenvalue weighted by Gasteiger charge is 2.67. The van der Waals surface area contributed by atoms with E-state index in [1.54, 1.807) is 35.9 Å². The molecular weight excluding hydrogens is 480 g/mol. The fraction of sp³-hybridized carbons (Fsp3) is 0.200. The number of nitrogens with zero attached hydrogens (tertiary/aromatic N) is 3. The number of fused-ring (bicyclic) bond motifs is 1. The van der Waals surface area contributed by atoms with Crippen molar-refractivity contribution in [1.82, 2.24) is 15.1 Å². The summed E-state index contributed by atoms with van der Waals surface area (Å²) in [5.41, 5.74) is 2.16. The molecule has 0 spiro atoms. The van der Waals surface area contributed by atoms with E-state index in [0.29, 0.717) is 11.4 Å². The normalized spacial score (nSPS) is 24.5. The molecule has 2 fully saturated rings. The number of methoxy groups -OCH3 is 1. The molecule has 2 saturated heterocycles. The van der Waals surface area contributed by atoms with Crippen molar-refractivity contribution in [2.45, 2.75) is 18.5 Å². The Morgan fingerprint density at radius 2 is 1.45 bits per heavy atom. The Morgan fingerprint density at radius 1 is 0.868 bits per heavy atom. The number of amides is 2. The summed E-state index contributed by atoms with van der Waals surface area (Å²) in [6.45, 7) is 1.64. The van der Waals surface area contributed by atoms with Crippen LogP contribution in [0.15, 0.2) is 97.2 Å². The summed E-state index contributed by atoms with van der Waals surface area (Å²) in [7, 11) is 1.29. The van der Waals surface area contributed by atoms with Crippen LogP contribution in [0.25, 0.3) is 16.9 Å². The number of aromatic nitrogens is 2. The lowest BCUT2D eigenvalue weighted by molar-refractivity contribution is -0.151. The Labute approximate surface area is 219 Å². The molecule has 6 rings (SSSR count). The van der Waals surface area contributed by atoms with Crippen LogP contribution in [0.3, 0.4) is 0 Å². The maximum Gasteiger partial charge on any atom is 0.326 e. The number of ether oxygens (including phenoxy) is 1. The van der Waals surface area contributed by atoms with Crippen molar-refractivity contribution in [1.29, 1.82) is 0 Å². The number of anilines is 1. The third-order valence-electron chi connectivity index (χ3n) is 7.56. The van der Waals surface area contributed by atoms with E-state index < -0.39 is 35.3 Å². The van der Waals surface area contributed by atoms with Crippen LogP contribution in [0.5, 0.6) is 0 Å². The van der Waals surface area contributed by atoms with Gasteiger partial charge in [-0.3, -0.25) is 19.7 Å². The van der Waals surface area contributed by atoms with Crippen LogP contribution >= 0.6 is 0 Å². The number of benzene rings is 3. The average molecular weight is 507 g/mol. The molecule has 8 nitrogen and oxygen atoms in total. The van der Waals surface area contributed by atoms with Gasteiger partial charge in [0.2, 0.25) is 11.8 Å². The Hall–Kier alpha value is -4.56. The average Bonchev–Trinajstić information content (AvgIpc) is 3.62. The molecule has 2 aliphatic rings. The molecular formula is C30H26N4O4. The molecule has 1 N–H and O–H groups in total. The third-order valence-corrected chi connectivity index (χ3v) is 7.56. The van der Waals surface area contributed by atoms with Crippen molar-refractivity contribution >= 4 is 23.5 Å². The molecule has 2 aliphatic heterocycles. The highest BCUT2D eigenvalue weighted by molar-refractivity contribution is 6.24. The monoisotopic (exact) mass is 506 g/mol. The number of para-hydroxylation sites is 2. The van der Waals surface area contributed by atoms with Gasteiger partial charge >= 0.3 is 5.97 Å². The van der Waals surface area contributed by atoms with Crippen LogP contribution in [0.1, 0.15) is 18.5 Å². The minimum Gasteiger partial charge on any atom is -0.468 e. The second-order valence-corrected chi connectivity index (χ2v) is 9.75. The summed E-state index contributed by atoms with van der Waals surface area (Å²) in [5.74, 6) is -3.16. The lowest BCUT2D eigenvalue weighted by atomic mass is 9.80. The van der Waals surface area contributed by atoms with Gasteiger partial charge < -0.3 is 4.74 Å². The third kappa shape index (κ3) is 3.56. The van der Waals surface area contributed by atoms with E-state index in [1.165, 1.54) is 12.0 Å². The van der Waals surface area contributed by atoms with Crippen LogP contribution in [0.4, 0.5) is 5.69 Å². The molecule has 2 amide bonds. The number of esters is 1. The molecule has 38 heavy (non-hydrogen) atoms. The van der Waals surface area contributed by atoms with Gasteiger partial charge in [0.25, 0.3) is 0 Å². The summed E-state index contributed by atoms with van der Waals surface area (Å²) in [4.78, 5) is 42.2.